The van der Waals surface area contributed by atoms with Crippen molar-refractivity contribution in [1.82, 2.24) is 5.32 Å². The summed E-state index contributed by atoms with van der Waals surface area (Å²) in [5.74, 6) is -0.282. The second-order valence-electron chi connectivity index (χ2n) is 3.64. The Morgan fingerprint density at radius 3 is 2.60 bits per heavy atom. The smallest absolute Gasteiger partial charge is 0.408 e. The molecule has 1 fully saturated rings. The molecule has 0 radical (unpaired) electrons. The Balaban J connectivity index is 2.34. The number of ether oxygens (including phenoxy) is 1. The number of rotatable bonds is 2. The van der Waals surface area contributed by atoms with Crippen molar-refractivity contribution in [3.63, 3.8) is 0 Å². The molecule has 0 aromatic heterocycles. The van der Waals surface area contributed by atoms with Crippen molar-refractivity contribution >= 4 is 6.09 Å². The van der Waals surface area contributed by atoms with Crippen LogP contribution in [0.2, 0.25) is 0 Å². The zero-order valence-electron chi connectivity index (χ0n) is 8.42. The molecule has 2 rings (SSSR count). The summed E-state index contributed by atoms with van der Waals surface area (Å²) in [6.07, 6.45) is 0.297. The summed E-state index contributed by atoms with van der Waals surface area (Å²) in [7, 11) is 0. The fourth-order valence-corrected chi connectivity index (χ4v) is 1.78. The van der Waals surface area contributed by atoms with Gasteiger partial charge in [0.15, 0.2) is 0 Å². The number of hydrogen-bond donors (Lipinski definition) is 1. The lowest BCUT2D eigenvalue weighted by Crippen LogP contribution is -2.39. The zero-order valence-corrected chi connectivity index (χ0v) is 8.42. The van der Waals surface area contributed by atoms with Crippen molar-refractivity contribution < 1.29 is 13.9 Å². The van der Waals surface area contributed by atoms with Gasteiger partial charge in [0, 0.05) is 0 Å². The minimum atomic E-state index is -0.495. The zero-order chi connectivity index (χ0) is 10.9. The van der Waals surface area contributed by atoms with Crippen molar-refractivity contribution in [2.45, 2.75) is 18.9 Å². The van der Waals surface area contributed by atoms with Crippen molar-refractivity contribution in [3.8, 4) is 0 Å². The molecule has 1 aromatic carbocycles. The van der Waals surface area contributed by atoms with Gasteiger partial charge in [0.25, 0.3) is 0 Å². The molecule has 1 aromatic rings. The average molecular weight is 209 g/mol. The summed E-state index contributed by atoms with van der Waals surface area (Å²) in [6.45, 7) is 2.26. The second kappa shape index (κ2) is 3.53. The van der Waals surface area contributed by atoms with E-state index in [1.54, 1.807) is 12.1 Å². The highest BCUT2D eigenvalue weighted by Gasteiger charge is 2.39. The Kier molecular flexibility index (Phi) is 2.34. The molecular formula is C11H12FNO2. The van der Waals surface area contributed by atoms with Gasteiger partial charge in [0.1, 0.15) is 18.0 Å². The fourth-order valence-electron chi connectivity index (χ4n) is 1.78. The molecule has 0 saturated carbocycles. The number of halogens is 1. The Bertz CT molecular complexity index is 377. The van der Waals surface area contributed by atoms with Gasteiger partial charge in [-0.15, -0.1) is 0 Å². The molecule has 4 heteroatoms. The van der Waals surface area contributed by atoms with Gasteiger partial charge in [-0.25, -0.2) is 9.18 Å². The third-order valence-corrected chi connectivity index (χ3v) is 2.79. The highest BCUT2D eigenvalue weighted by molar-refractivity contribution is 5.71. The highest BCUT2D eigenvalue weighted by Crippen LogP contribution is 2.29. The van der Waals surface area contributed by atoms with E-state index in [1.807, 2.05) is 6.92 Å². The van der Waals surface area contributed by atoms with Crippen LogP contribution < -0.4 is 5.32 Å². The third kappa shape index (κ3) is 1.67. The van der Waals surface area contributed by atoms with Crippen molar-refractivity contribution in [3.05, 3.63) is 35.6 Å². The molecule has 80 valence electrons. The molecule has 1 amide bonds. The summed E-state index contributed by atoms with van der Waals surface area (Å²) in [6, 6.07) is 6.12. The molecule has 3 nitrogen and oxygen atoms in total. The maximum absolute atomic E-state index is 12.8. The minimum Gasteiger partial charge on any atom is -0.447 e. The van der Waals surface area contributed by atoms with Crippen LogP contribution in [0, 0.1) is 5.82 Å². The molecule has 1 aliphatic heterocycles. The number of carbonyl (C=O) groups is 1. The largest absolute Gasteiger partial charge is 0.447 e. The maximum Gasteiger partial charge on any atom is 0.408 e. The molecular weight excluding hydrogens is 197 g/mol. The quantitative estimate of drug-likeness (QED) is 0.810. The number of nitrogens with one attached hydrogen (secondary N) is 1. The van der Waals surface area contributed by atoms with Crippen molar-refractivity contribution in [1.29, 1.82) is 0 Å². The van der Waals surface area contributed by atoms with Gasteiger partial charge in [-0.2, -0.15) is 0 Å². The summed E-state index contributed by atoms with van der Waals surface area (Å²) in [4.78, 5) is 11.1. The molecule has 1 atom stereocenters. The van der Waals surface area contributed by atoms with Gasteiger partial charge >= 0.3 is 6.09 Å². The Hall–Kier alpha value is -1.58. The standard InChI is InChI=1S/C11H12FNO2/c1-2-11(7-15-10(14)13-11)8-3-5-9(12)6-4-8/h3-6H,2,7H2,1H3,(H,13,14). The lowest BCUT2D eigenvalue weighted by molar-refractivity contribution is 0.171. The highest BCUT2D eigenvalue weighted by atomic mass is 19.1. The first-order chi connectivity index (χ1) is 7.16. The summed E-state index contributed by atoms with van der Waals surface area (Å²) in [5, 5.41) is 2.77. The van der Waals surface area contributed by atoms with Crippen LogP contribution in [0.1, 0.15) is 18.9 Å². The normalized spacial score (nSPS) is 24.8. The van der Waals surface area contributed by atoms with Crippen LogP contribution in [0.5, 0.6) is 0 Å². The first kappa shape index (κ1) is 9.96. The van der Waals surface area contributed by atoms with E-state index >= 15 is 0 Å². The molecule has 1 heterocycles. The van der Waals surface area contributed by atoms with E-state index in [2.05, 4.69) is 5.32 Å². The molecule has 1 saturated heterocycles. The van der Waals surface area contributed by atoms with E-state index in [1.165, 1.54) is 12.1 Å². The van der Waals surface area contributed by atoms with Gasteiger partial charge in [-0.1, -0.05) is 19.1 Å². The fraction of sp³-hybridized carbons (Fsp3) is 0.364. The predicted octanol–water partition coefficient (Wildman–Crippen LogP) is 2.17. The minimum absolute atomic E-state index is 0.282. The summed E-state index contributed by atoms with van der Waals surface area (Å²) >= 11 is 0. The molecule has 15 heavy (non-hydrogen) atoms. The molecule has 0 bridgehead atoms. The number of alkyl carbamates (subject to hydrolysis) is 1. The number of amides is 1. The predicted molar refractivity (Wildman–Crippen MR) is 52.9 cm³/mol. The molecule has 1 aliphatic rings. The van der Waals surface area contributed by atoms with Gasteiger partial charge in [-0.3, -0.25) is 0 Å². The first-order valence-corrected chi connectivity index (χ1v) is 4.87. The summed E-state index contributed by atoms with van der Waals surface area (Å²) < 4.78 is 17.7. The number of hydrogen-bond acceptors (Lipinski definition) is 2. The van der Waals surface area contributed by atoms with Gasteiger partial charge in [0.2, 0.25) is 0 Å². The number of benzene rings is 1. The topological polar surface area (TPSA) is 38.3 Å². The second-order valence-corrected chi connectivity index (χ2v) is 3.64. The van der Waals surface area contributed by atoms with E-state index < -0.39 is 11.6 Å². The van der Waals surface area contributed by atoms with Crippen LogP contribution in [-0.2, 0) is 10.3 Å². The lowest BCUT2D eigenvalue weighted by atomic mass is 9.89. The SMILES string of the molecule is CCC1(c2ccc(F)cc2)COC(=O)N1. The van der Waals surface area contributed by atoms with Crippen LogP contribution >= 0.6 is 0 Å². The maximum atomic E-state index is 12.8. The van der Waals surface area contributed by atoms with Crippen LogP contribution in [0.4, 0.5) is 9.18 Å². The Morgan fingerprint density at radius 2 is 2.13 bits per heavy atom. The molecule has 1 unspecified atom stereocenters. The van der Waals surface area contributed by atoms with Crippen molar-refractivity contribution in [2.75, 3.05) is 6.61 Å². The van der Waals surface area contributed by atoms with Crippen LogP contribution in [0.25, 0.3) is 0 Å². The molecule has 1 N–H and O–H groups in total. The van der Waals surface area contributed by atoms with E-state index in [4.69, 9.17) is 4.74 Å². The van der Waals surface area contributed by atoms with Gasteiger partial charge in [0.05, 0.1) is 0 Å². The van der Waals surface area contributed by atoms with E-state index in [0.29, 0.717) is 13.0 Å². The van der Waals surface area contributed by atoms with Crippen LogP contribution in [0.15, 0.2) is 24.3 Å². The number of carbonyl (C=O) groups excluding carboxylic acids is 1. The first-order valence-electron chi connectivity index (χ1n) is 4.87. The lowest BCUT2D eigenvalue weighted by Gasteiger charge is -2.25. The average Bonchev–Trinajstić information content (AvgIpc) is 2.62. The Labute approximate surface area is 87.2 Å². The van der Waals surface area contributed by atoms with E-state index in [9.17, 15) is 9.18 Å². The molecule has 0 spiro atoms. The molecule has 0 aliphatic carbocycles. The van der Waals surface area contributed by atoms with Crippen LogP contribution in [0.3, 0.4) is 0 Å². The van der Waals surface area contributed by atoms with E-state index in [0.717, 1.165) is 5.56 Å². The van der Waals surface area contributed by atoms with Gasteiger partial charge < -0.3 is 10.1 Å². The Morgan fingerprint density at radius 1 is 1.47 bits per heavy atom. The van der Waals surface area contributed by atoms with Gasteiger partial charge in [-0.05, 0) is 24.1 Å². The van der Waals surface area contributed by atoms with Crippen molar-refractivity contribution in [2.24, 2.45) is 0 Å². The number of cyclic esters (lactones) is 1. The summed E-state index contributed by atoms with van der Waals surface area (Å²) in [5.41, 5.74) is 0.377. The third-order valence-electron chi connectivity index (χ3n) is 2.79. The van der Waals surface area contributed by atoms with E-state index in [-0.39, 0.29) is 5.82 Å². The van der Waals surface area contributed by atoms with Crippen LogP contribution in [-0.4, -0.2) is 12.7 Å². The monoisotopic (exact) mass is 209 g/mol.